The summed E-state index contributed by atoms with van der Waals surface area (Å²) in [7, 11) is 5.30. The maximum atomic E-state index is 13.0. The number of benzene rings is 3. The molecule has 1 atom stereocenters. The molecule has 3 aromatic carbocycles. The van der Waals surface area contributed by atoms with Crippen LogP contribution in [0.15, 0.2) is 48.5 Å². The number of nitrogens with one attached hydrogen (secondary N) is 1. The lowest BCUT2D eigenvalue weighted by atomic mass is 9.95. The Morgan fingerprint density at radius 1 is 1.08 bits per heavy atom. The Morgan fingerprint density at radius 3 is 2.53 bits per heavy atom. The maximum absolute atomic E-state index is 13.0. The van der Waals surface area contributed by atoms with E-state index in [0.717, 1.165) is 57.5 Å². The van der Waals surface area contributed by atoms with Gasteiger partial charge in [-0.2, -0.15) is 0 Å². The van der Waals surface area contributed by atoms with Crippen LogP contribution in [0.5, 0.6) is 5.75 Å². The molecule has 0 aliphatic heterocycles. The number of carbonyl (C=O) groups is 2. The smallest absolute Gasteiger partial charge is 0.251 e. The molecular weight excluding hydrogens is 476 g/mol. The second kappa shape index (κ2) is 13.8. The molecule has 0 aliphatic carbocycles. The number of ether oxygens (including phenoxy) is 2. The number of ketones is 1. The largest absolute Gasteiger partial charge is 0.497 e. The summed E-state index contributed by atoms with van der Waals surface area (Å²) in [5.74, 6) is 1.21. The molecule has 0 saturated heterocycles. The van der Waals surface area contributed by atoms with Crippen molar-refractivity contribution in [2.45, 2.75) is 33.1 Å². The lowest BCUT2D eigenvalue weighted by Crippen LogP contribution is -2.35. The molecule has 0 radical (unpaired) electrons. The van der Waals surface area contributed by atoms with Crippen LogP contribution in [0, 0.1) is 12.8 Å². The molecule has 0 aliphatic rings. The zero-order chi connectivity index (χ0) is 27.7. The van der Waals surface area contributed by atoms with Crippen molar-refractivity contribution in [1.82, 2.24) is 10.2 Å². The summed E-state index contributed by atoms with van der Waals surface area (Å²) >= 11 is 0. The highest BCUT2D eigenvalue weighted by atomic mass is 16.5. The molecule has 0 spiro atoms. The van der Waals surface area contributed by atoms with Crippen molar-refractivity contribution in [1.29, 1.82) is 0 Å². The highest BCUT2D eigenvalue weighted by Crippen LogP contribution is 2.23. The van der Waals surface area contributed by atoms with E-state index in [1.165, 1.54) is 0 Å². The molecule has 0 fully saturated rings. The molecule has 202 valence electrons. The highest BCUT2D eigenvalue weighted by Gasteiger charge is 2.14. The van der Waals surface area contributed by atoms with Crippen molar-refractivity contribution in [3.05, 3.63) is 75.7 Å². The number of hydrogen-bond acceptors (Lipinski definition) is 5. The van der Waals surface area contributed by atoms with Crippen LogP contribution in [0.2, 0.25) is 0 Å². The first-order valence-corrected chi connectivity index (χ1v) is 13.2. The van der Waals surface area contributed by atoms with Gasteiger partial charge >= 0.3 is 0 Å². The molecule has 0 aromatic heterocycles. The molecule has 1 amide bonds. The number of carbonyl (C=O) groups excluding carboxylic acids is 2. The third-order valence-corrected chi connectivity index (χ3v) is 7.06. The summed E-state index contributed by atoms with van der Waals surface area (Å²) < 4.78 is 10.3. The van der Waals surface area contributed by atoms with Crippen LogP contribution in [0.3, 0.4) is 0 Å². The van der Waals surface area contributed by atoms with Gasteiger partial charge in [-0.25, -0.2) is 0 Å². The van der Waals surface area contributed by atoms with E-state index >= 15 is 0 Å². The van der Waals surface area contributed by atoms with E-state index in [1.807, 2.05) is 62.5 Å². The second-order valence-electron chi connectivity index (χ2n) is 9.79. The first-order chi connectivity index (χ1) is 18.3. The van der Waals surface area contributed by atoms with Crippen LogP contribution >= 0.6 is 0 Å². The Kier molecular flexibility index (Phi) is 10.5. The predicted molar refractivity (Wildman–Crippen MR) is 155 cm³/mol. The molecule has 3 rings (SSSR count). The molecule has 3 aromatic rings. The first-order valence-electron chi connectivity index (χ1n) is 13.2. The van der Waals surface area contributed by atoms with Crippen molar-refractivity contribution in [3.63, 3.8) is 0 Å². The van der Waals surface area contributed by atoms with E-state index in [1.54, 1.807) is 14.2 Å². The molecule has 1 N–H and O–H groups in total. The summed E-state index contributed by atoms with van der Waals surface area (Å²) in [4.78, 5) is 27.8. The Hall–Kier alpha value is -3.64. The second-order valence-corrected chi connectivity index (χ2v) is 9.79. The lowest BCUT2D eigenvalue weighted by molar-refractivity contribution is 0.0935. The summed E-state index contributed by atoms with van der Waals surface area (Å²) in [6.45, 7) is 10.0. The third kappa shape index (κ3) is 7.45. The van der Waals surface area contributed by atoms with Crippen molar-refractivity contribution in [2.75, 3.05) is 41.0 Å². The van der Waals surface area contributed by atoms with Gasteiger partial charge in [0.05, 0.1) is 13.7 Å². The van der Waals surface area contributed by atoms with Gasteiger partial charge < -0.3 is 19.7 Å². The minimum atomic E-state index is -0.116. The SMILES string of the molecule is C=c1ccc(C(=O)NCCOC)c(C)/c1=C/N(C)CC(CC)CCC(=O)c1ccc2cc(OC)ccc2c1. The lowest BCUT2D eigenvalue weighted by Gasteiger charge is -2.22. The van der Waals surface area contributed by atoms with Gasteiger partial charge in [0.25, 0.3) is 5.91 Å². The minimum absolute atomic E-state index is 0.116. The summed E-state index contributed by atoms with van der Waals surface area (Å²) in [5, 5.41) is 6.80. The van der Waals surface area contributed by atoms with Crippen LogP contribution < -0.4 is 20.5 Å². The molecule has 0 saturated carbocycles. The molecule has 1 unspecified atom stereocenters. The van der Waals surface area contributed by atoms with Crippen LogP contribution in [0.1, 0.15) is 52.5 Å². The Labute approximate surface area is 225 Å². The van der Waals surface area contributed by atoms with Gasteiger partial charge in [-0.1, -0.05) is 44.2 Å². The number of amides is 1. The van der Waals surface area contributed by atoms with Crippen molar-refractivity contribution >= 4 is 35.2 Å². The zero-order valence-corrected chi connectivity index (χ0v) is 23.3. The fourth-order valence-electron chi connectivity index (χ4n) is 4.68. The topological polar surface area (TPSA) is 67.9 Å². The normalized spacial score (nSPS) is 12.4. The van der Waals surface area contributed by atoms with Gasteiger partial charge in [0.1, 0.15) is 5.75 Å². The highest BCUT2D eigenvalue weighted by molar-refractivity contribution is 6.00. The number of nitrogens with zero attached hydrogens (tertiary/aromatic N) is 1. The number of methoxy groups -OCH3 is 2. The molecule has 0 bridgehead atoms. The molecule has 0 heterocycles. The molecular formula is C32H40N2O4. The van der Waals surface area contributed by atoms with Crippen molar-refractivity contribution < 1.29 is 19.1 Å². The number of fused-ring (bicyclic) bond motifs is 1. The fraction of sp³-hybridized carbons (Fsp3) is 0.375. The summed E-state index contributed by atoms with van der Waals surface area (Å²) in [5.41, 5.74) is 2.28. The summed E-state index contributed by atoms with van der Waals surface area (Å²) in [6.07, 6.45) is 4.35. The van der Waals surface area contributed by atoms with Crippen LogP contribution in [-0.2, 0) is 4.74 Å². The van der Waals surface area contributed by atoms with E-state index in [-0.39, 0.29) is 11.7 Å². The van der Waals surface area contributed by atoms with Gasteiger partial charge in [0.15, 0.2) is 5.78 Å². The maximum Gasteiger partial charge on any atom is 0.251 e. The van der Waals surface area contributed by atoms with Crippen molar-refractivity contribution in [3.8, 4) is 5.75 Å². The van der Waals surface area contributed by atoms with E-state index in [4.69, 9.17) is 9.47 Å². The fourth-order valence-corrected chi connectivity index (χ4v) is 4.68. The van der Waals surface area contributed by atoms with E-state index < -0.39 is 0 Å². The monoisotopic (exact) mass is 516 g/mol. The third-order valence-electron chi connectivity index (χ3n) is 7.06. The van der Waals surface area contributed by atoms with Gasteiger partial charge in [0.2, 0.25) is 0 Å². The van der Waals surface area contributed by atoms with Crippen LogP contribution in [0.25, 0.3) is 23.6 Å². The molecule has 6 heteroatoms. The average Bonchev–Trinajstić information content (AvgIpc) is 2.92. The quantitative estimate of drug-likeness (QED) is 0.271. The Morgan fingerprint density at radius 2 is 1.82 bits per heavy atom. The van der Waals surface area contributed by atoms with E-state index in [9.17, 15) is 9.59 Å². The van der Waals surface area contributed by atoms with E-state index in [2.05, 4.69) is 29.9 Å². The molecule has 38 heavy (non-hydrogen) atoms. The summed E-state index contributed by atoms with van der Waals surface area (Å²) in [6, 6.07) is 15.4. The van der Waals surface area contributed by atoms with E-state index in [0.29, 0.717) is 31.1 Å². The standard InChI is InChI=1S/C32H40N2O4/c1-7-24(9-15-31(35)27-11-10-26-19-28(38-6)13-12-25(26)18-27)20-34(4)21-30-22(2)8-14-29(23(30)3)32(36)33-16-17-37-5/h8,10-14,18-19,21,24H,2,7,9,15-17,20H2,1,3-6H3,(H,33,36)/b30-21+. The van der Waals surface area contributed by atoms with Crippen LogP contribution in [-0.4, -0.2) is 57.6 Å². The van der Waals surface area contributed by atoms with Crippen molar-refractivity contribution in [2.24, 2.45) is 5.92 Å². The number of Topliss-reactive ketones (excluding diaryl/α,β-unsaturated/α-hetero) is 1. The van der Waals surface area contributed by atoms with Crippen LogP contribution in [0.4, 0.5) is 0 Å². The number of hydrogen-bond donors (Lipinski definition) is 1. The van der Waals surface area contributed by atoms with Gasteiger partial charge in [0, 0.05) is 56.2 Å². The Bertz CT molecular complexity index is 1380. The molecule has 6 nitrogen and oxygen atoms in total. The minimum Gasteiger partial charge on any atom is -0.497 e. The predicted octanol–water partition coefficient (Wildman–Crippen LogP) is 4.30. The van der Waals surface area contributed by atoms with Gasteiger partial charge in [-0.15, -0.1) is 0 Å². The van der Waals surface area contributed by atoms with Gasteiger partial charge in [-0.3, -0.25) is 9.59 Å². The number of rotatable bonds is 13. The average molecular weight is 517 g/mol. The first kappa shape index (κ1) is 28.9. The Balaban J connectivity index is 1.66. The zero-order valence-electron chi connectivity index (χ0n) is 23.3. The van der Waals surface area contributed by atoms with Gasteiger partial charge in [-0.05, 0) is 65.1 Å².